The van der Waals surface area contributed by atoms with Gasteiger partial charge in [-0.3, -0.25) is 14.9 Å². The van der Waals surface area contributed by atoms with Gasteiger partial charge in [-0.25, -0.2) is 9.97 Å². The minimum absolute atomic E-state index is 0.105. The quantitative estimate of drug-likeness (QED) is 0.530. The van der Waals surface area contributed by atoms with E-state index in [9.17, 15) is 14.9 Å². The molecule has 1 amide bonds. The molecule has 2 aromatic rings. The maximum absolute atomic E-state index is 12.2. The minimum atomic E-state index is -0.573. The molecule has 0 atom stereocenters. The van der Waals surface area contributed by atoms with Crippen LogP contribution in [0.2, 0.25) is 0 Å². The summed E-state index contributed by atoms with van der Waals surface area (Å²) >= 11 is 9.38. The lowest BCUT2D eigenvalue weighted by molar-refractivity contribution is -0.385. The van der Waals surface area contributed by atoms with Crippen molar-refractivity contribution in [2.75, 3.05) is 5.32 Å². The summed E-state index contributed by atoms with van der Waals surface area (Å²) in [6.07, 6.45) is 1.42. The number of nitrogens with one attached hydrogen (secondary N) is 1. The van der Waals surface area contributed by atoms with Gasteiger partial charge < -0.3 is 5.32 Å². The highest BCUT2D eigenvalue weighted by atomic mass is 79.9. The van der Waals surface area contributed by atoms with Crippen molar-refractivity contribution in [1.82, 2.24) is 9.97 Å². The highest BCUT2D eigenvalue weighted by molar-refractivity contribution is 9.11. The van der Waals surface area contributed by atoms with Crippen LogP contribution in [0, 0.1) is 10.1 Å². The molecule has 1 heterocycles. The Morgan fingerprint density at radius 3 is 2.62 bits per heavy atom. The number of aromatic nitrogens is 2. The average molecular weight is 481 g/mol. The van der Waals surface area contributed by atoms with E-state index < -0.39 is 10.8 Å². The summed E-state index contributed by atoms with van der Waals surface area (Å²) in [5.41, 5.74) is -0.0653. The number of anilines is 1. The van der Waals surface area contributed by atoms with Crippen molar-refractivity contribution < 1.29 is 9.72 Å². The van der Waals surface area contributed by atoms with Crippen LogP contribution in [0.4, 0.5) is 11.5 Å². The number of nitro benzene ring substituents is 1. The fraction of sp³-hybridized carbons (Fsp3) is 0. The number of halogens is 3. The van der Waals surface area contributed by atoms with E-state index in [-0.39, 0.29) is 21.5 Å². The zero-order valence-corrected chi connectivity index (χ0v) is 14.8. The molecule has 7 nitrogen and oxygen atoms in total. The van der Waals surface area contributed by atoms with Crippen molar-refractivity contribution in [2.24, 2.45) is 0 Å². The third kappa shape index (κ3) is 3.63. The zero-order valence-electron chi connectivity index (χ0n) is 10.0. The second-order valence-electron chi connectivity index (χ2n) is 3.68. The molecule has 0 aliphatic carbocycles. The molecule has 1 aromatic heterocycles. The maximum Gasteiger partial charge on any atom is 0.284 e. The van der Waals surface area contributed by atoms with E-state index in [4.69, 9.17) is 0 Å². The van der Waals surface area contributed by atoms with E-state index in [0.29, 0.717) is 9.21 Å². The van der Waals surface area contributed by atoms with Gasteiger partial charge in [-0.15, -0.1) is 0 Å². The molecule has 0 bridgehead atoms. The molecule has 21 heavy (non-hydrogen) atoms. The fourth-order valence-electron chi connectivity index (χ4n) is 1.44. The number of carbonyl (C=O) groups excluding carboxylic acids is 1. The summed E-state index contributed by atoms with van der Waals surface area (Å²) in [6.45, 7) is 0. The van der Waals surface area contributed by atoms with Crippen LogP contribution in [0.3, 0.4) is 0 Å². The van der Waals surface area contributed by atoms with Gasteiger partial charge in [-0.1, -0.05) is 6.07 Å². The molecule has 10 heteroatoms. The summed E-state index contributed by atoms with van der Waals surface area (Å²) < 4.78 is 0.948. The van der Waals surface area contributed by atoms with E-state index in [1.807, 2.05) is 0 Å². The molecule has 0 unspecified atom stereocenters. The predicted octanol–water partition coefficient (Wildman–Crippen LogP) is 3.92. The summed E-state index contributed by atoms with van der Waals surface area (Å²) in [5, 5.41) is 13.4. The first-order valence-electron chi connectivity index (χ1n) is 5.32. The molecule has 0 radical (unpaired) electrons. The molecule has 0 saturated carbocycles. The predicted molar refractivity (Wildman–Crippen MR) is 86.2 cm³/mol. The third-order valence-corrected chi connectivity index (χ3v) is 4.12. The first-order chi connectivity index (χ1) is 9.90. The Kier molecular flexibility index (Phi) is 5.01. The highest BCUT2D eigenvalue weighted by Gasteiger charge is 2.20. The molecule has 1 N–H and O–H groups in total. The van der Waals surface area contributed by atoms with Gasteiger partial charge in [0.25, 0.3) is 11.6 Å². The molecular weight excluding hydrogens is 476 g/mol. The second-order valence-corrected chi connectivity index (χ2v) is 6.04. The Morgan fingerprint density at radius 1 is 1.29 bits per heavy atom. The molecule has 0 saturated heterocycles. The molecular formula is C11H5Br3N4O3. The topological polar surface area (TPSA) is 98.0 Å². The number of nitrogens with zero attached hydrogens (tertiary/aromatic N) is 3. The SMILES string of the molecule is O=C(Nc1ncc(Br)nc1Br)c1cccc([N+](=O)[O-])c1Br. The van der Waals surface area contributed by atoms with Crippen molar-refractivity contribution in [3.63, 3.8) is 0 Å². The fourth-order valence-corrected chi connectivity index (χ4v) is 2.94. The van der Waals surface area contributed by atoms with E-state index >= 15 is 0 Å². The van der Waals surface area contributed by atoms with Gasteiger partial charge >= 0.3 is 0 Å². The lowest BCUT2D eigenvalue weighted by Gasteiger charge is -2.07. The molecule has 0 fully saturated rings. The number of amides is 1. The number of benzene rings is 1. The Hall–Kier alpha value is -1.39. The Labute approximate surface area is 143 Å². The van der Waals surface area contributed by atoms with Gasteiger partial charge in [0.05, 0.1) is 16.7 Å². The van der Waals surface area contributed by atoms with Crippen molar-refractivity contribution in [3.05, 3.63) is 53.8 Å². The average Bonchev–Trinajstić information content (AvgIpc) is 2.41. The Bertz CT molecular complexity index is 739. The normalized spacial score (nSPS) is 10.2. The van der Waals surface area contributed by atoms with E-state index in [1.165, 1.54) is 24.4 Å². The van der Waals surface area contributed by atoms with Crippen LogP contribution in [-0.4, -0.2) is 20.8 Å². The van der Waals surface area contributed by atoms with Crippen LogP contribution >= 0.6 is 47.8 Å². The van der Waals surface area contributed by atoms with Crippen molar-refractivity contribution >= 4 is 65.2 Å². The van der Waals surface area contributed by atoms with Crippen LogP contribution in [0.15, 0.2) is 38.1 Å². The zero-order chi connectivity index (χ0) is 15.6. The van der Waals surface area contributed by atoms with Crippen LogP contribution in [0.1, 0.15) is 10.4 Å². The second kappa shape index (κ2) is 6.58. The molecule has 0 spiro atoms. The maximum atomic E-state index is 12.2. The lowest BCUT2D eigenvalue weighted by atomic mass is 10.2. The summed E-state index contributed by atoms with van der Waals surface area (Å²) in [6, 6.07) is 4.20. The number of rotatable bonds is 3. The molecule has 0 aliphatic heterocycles. The number of hydrogen-bond acceptors (Lipinski definition) is 5. The summed E-state index contributed by atoms with van der Waals surface area (Å²) in [4.78, 5) is 30.5. The van der Waals surface area contributed by atoms with E-state index in [2.05, 4.69) is 63.1 Å². The molecule has 2 rings (SSSR count). The third-order valence-electron chi connectivity index (χ3n) is 2.35. The Morgan fingerprint density at radius 2 is 2.00 bits per heavy atom. The van der Waals surface area contributed by atoms with Crippen LogP contribution in [0.25, 0.3) is 0 Å². The van der Waals surface area contributed by atoms with Crippen molar-refractivity contribution in [3.8, 4) is 0 Å². The first-order valence-corrected chi connectivity index (χ1v) is 7.70. The monoisotopic (exact) mass is 478 g/mol. The number of carbonyl (C=O) groups is 1. The van der Waals surface area contributed by atoms with Gasteiger partial charge in [0, 0.05) is 6.07 Å². The van der Waals surface area contributed by atoms with Crippen LogP contribution < -0.4 is 5.32 Å². The Balaban J connectivity index is 2.33. The molecule has 108 valence electrons. The van der Waals surface area contributed by atoms with Gasteiger partial charge in [0.1, 0.15) is 13.7 Å². The van der Waals surface area contributed by atoms with Crippen LogP contribution in [-0.2, 0) is 0 Å². The molecule has 0 aliphatic rings. The smallest absolute Gasteiger partial charge is 0.284 e. The lowest BCUT2D eigenvalue weighted by Crippen LogP contribution is -2.15. The van der Waals surface area contributed by atoms with Crippen molar-refractivity contribution in [2.45, 2.75) is 0 Å². The highest BCUT2D eigenvalue weighted by Crippen LogP contribution is 2.29. The van der Waals surface area contributed by atoms with Gasteiger partial charge in [0.2, 0.25) is 0 Å². The number of nitro groups is 1. The van der Waals surface area contributed by atoms with Gasteiger partial charge in [0.15, 0.2) is 5.82 Å². The van der Waals surface area contributed by atoms with Crippen LogP contribution in [0.5, 0.6) is 0 Å². The molecule has 1 aromatic carbocycles. The summed E-state index contributed by atoms with van der Waals surface area (Å²) in [5.74, 6) is -0.329. The van der Waals surface area contributed by atoms with E-state index in [1.54, 1.807) is 0 Å². The van der Waals surface area contributed by atoms with Gasteiger partial charge in [-0.05, 0) is 53.9 Å². The van der Waals surface area contributed by atoms with Gasteiger partial charge in [-0.2, -0.15) is 0 Å². The van der Waals surface area contributed by atoms with Crippen molar-refractivity contribution in [1.29, 1.82) is 0 Å². The number of hydrogen-bond donors (Lipinski definition) is 1. The first kappa shape index (κ1) is 16.0. The standard InChI is InChI=1S/C11H5Br3N4O3/c12-7-4-15-10(9(14)16-7)17-11(19)5-2-1-3-6(8(5)13)18(20)21/h1-4H,(H,15,17,19). The summed E-state index contributed by atoms with van der Waals surface area (Å²) in [7, 11) is 0. The minimum Gasteiger partial charge on any atom is -0.304 e. The van der Waals surface area contributed by atoms with E-state index in [0.717, 1.165) is 0 Å². The largest absolute Gasteiger partial charge is 0.304 e.